The molecule has 0 heterocycles. The second-order valence-electron chi connectivity index (χ2n) is 9.40. The summed E-state index contributed by atoms with van der Waals surface area (Å²) in [6.45, 7) is 10.1. The van der Waals surface area contributed by atoms with Crippen LogP contribution >= 0.6 is 12.4 Å². The zero-order chi connectivity index (χ0) is 24.9. The smallest absolute Gasteiger partial charge is 0.343 e. The van der Waals surface area contributed by atoms with Crippen molar-refractivity contribution >= 4 is 24.3 Å². The van der Waals surface area contributed by atoms with Gasteiger partial charge in [0.2, 0.25) is 0 Å². The van der Waals surface area contributed by atoms with Crippen LogP contribution in [0.5, 0.6) is 11.5 Å². The van der Waals surface area contributed by atoms with Gasteiger partial charge in [-0.2, -0.15) is 0 Å². The molecule has 0 aromatic heterocycles. The van der Waals surface area contributed by atoms with Crippen molar-refractivity contribution < 1.29 is 24.2 Å². The van der Waals surface area contributed by atoms with Gasteiger partial charge < -0.3 is 19.9 Å². The lowest BCUT2D eigenvalue weighted by Gasteiger charge is -2.23. The minimum Gasteiger partial charge on any atom is -0.423 e. The Balaban J connectivity index is 0.00000432. The summed E-state index contributed by atoms with van der Waals surface area (Å²) in [5, 5.41) is 14.0. The molecule has 3 rings (SSSR count). The predicted octanol–water partition coefficient (Wildman–Crippen LogP) is 5.59. The van der Waals surface area contributed by atoms with E-state index in [-0.39, 0.29) is 36.0 Å². The van der Waals surface area contributed by atoms with Gasteiger partial charge in [0.15, 0.2) is 0 Å². The second kappa shape index (κ2) is 12.0. The van der Waals surface area contributed by atoms with Crippen molar-refractivity contribution in [1.82, 2.24) is 5.32 Å². The molecule has 0 aliphatic rings. The average Bonchev–Trinajstić information content (AvgIpc) is 2.77. The van der Waals surface area contributed by atoms with Gasteiger partial charge in [-0.3, -0.25) is 0 Å². The monoisotopic (exact) mass is 497 g/mol. The molecule has 35 heavy (non-hydrogen) atoms. The molecule has 0 amide bonds. The maximum absolute atomic E-state index is 12.6. The lowest BCUT2D eigenvalue weighted by atomic mass is 10.1. The Bertz CT molecular complexity index is 1070. The first-order valence-electron chi connectivity index (χ1n) is 11.2. The van der Waals surface area contributed by atoms with Gasteiger partial charge in [0.25, 0.3) is 0 Å². The fourth-order valence-electron chi connectivity index (χ4n) is 3.14. The summed E-state index contributed by atoms with van der Waals surface area (Å²) in [7, 11) is 0. The third kappa shape index (κ3) is 8.51. The molecule has 1 unspecified atom stereocenters. The van der Waals surface area contributed by atoms with E-state index in [0.29, 0.717) is 16.7 Å². The molecule has 3 aromatic rings. The summed E-state index contributed by atoms with van der Waals surface area (Å²) in [4.78, 5) is 25.3. The number of β-amino-alcohol motifs (C(OH)–C–C–N with tert-alkyl or cyclic N) is 1. The quantitative estimate of drug-likeness (QED) is 0.327. The number of benzene rings is 3. The molecule has 0 saturated carbocycles. The van der Waals surface area contributed by atoms with Gasteiger partial charge in [0, 0.05) is 18.2 Å². The molecule has 1 atom stereocenters. The highest BCUT2D eigenvalue weighted by Gasteiger charge is 2.18. The summed E-state index contributed by atoms with van der Waals surface area (Å²) < 4.78 is 11.1. The molecule has 0 bridgehead atoms. The third-order valence-corrected chi connectivity index (χ3v) is 5.11. The van der Waals surface area contributed by atoms with E-state index in [4.69, 9.17) is 9.47 Å². The van der Waals surface area contributed by atoms with Gasteiger partial charge in [-0.15, -0.1) is 12.4 Å². The topological polar surface area (TPSA) is 84.9 Å². The Kier molecular flexibility index (Phi) is 9.60. The van der Waals surface area contributed by atoms with E-state index < -0.39 is 18.0 Å². The second-order valence-corrected chi connectivity index (χ2v) is 9.40. The summed E-state index contributed by atoms with van der Waals surface area (Å²) in [6, 6.07) is 18.6. The number of halogens is 1. The van der Waals surface area contributed by atoms with Crippen LogP contribution in [0.3, 0.4) is 0 Å². The molecule has 2 N–H and O–H groups in total. The number of hydrogen-bond donors (Lipinski definition) is 2. The standard InChI is InChI=1S/C28H31NO5.ClH/c1-18-6-10-20(11-7-18)26(31)33-23-14-22(25(30)17-29-28(3,4)5)15-24(16-23)34-27(32)21-12-8-19(2)9-13-21;/h6-16,25,29-30H,17H2,1-5H3;1H. The Morgan fingerprint density at radius 2 is 1.20 bits per heavy atom. The van der Waals surface area contributed by atoms with E-state index in [1.807, 2.05) is 58.9 Å². The van der Waals surface area contributed by atoms with Crippen molar-refractivity contribution in [3.05, 3.63) is 94.5 Å². The number of carbonyl (C=O) groups excluding carboxylic acids is 2. The summed E-state index contributed by atoms with van der Waals surface area (Å²) in [5.74, 6) is -0.750. The average molecular weight is 498 g/mol. The molecule has 3 aromatic carbocycles. The molecular weight excluding hydrogens is 466 g/mol. The lowest BCUT2D eigenvalue weighted by Crippen LogP contribution is -2.38. The van der Waals surface area contributed by atoms with Crippen LogP contribution in [0.25, 0.3) is 0 Å². The van der Waals surface area contributed by atoms with Crippen molar-refractivity contribution in [3.8, 4) is 11.5 Å². The molecule has 186 valence electrons. The number of aryl methyl sites for hydroxylation is 2. The van der Waals surface area contributed by atoms with Crippen LogP contribution in [0.4, 0.5) is 0 Å². The third-order valence-electron chi connectivity index (χ3n) is 5.11. The minimum absolute atomic E-state index is 0. The molecule has 0 aliphatic carbocycles. The van der Waals surface area contributed by atoms with Crippen LogP contribution in [-0.2, 0) is 0 Å². The summed E-state index contributed by atoms with van der Waals surface area (Å²) in [5.41, 5.74) is 3.10. The first kappa shape index (κ1) is 28.1. The molecule has 7 heteroatoms. The molecular formula is C28H32ClNO5. The first-order valence-corrected chi connectivity index (χ1v) is 11.2. The van der Waals surface area contributed by atoms with E-state index in [9.17, 15) is 14.7 Å². The Morgan fingerprint density at radius 3 is 1.57 bits per heavy atom. The maximum Gasteiger partial charge on any atom is 0.343 e. The zero-order valence-corrected chi connectivity index (χ0v) is 21.4. The van der Waals surface area contributed by atoms with Crippen molar-refractivity contribution in [3.63, 3.8) is 0 Å². The van der Waals surface area contributed by atoms with Crippen LogP contribution in [0.1, 0.15) is 64.3 Å². The molecule has 0 aliphatic heterocycles. The van der Waals surface area contributed by atoms with Crippen molar-refractivity contribution in [2.75, 3.05) is 6.54 Å². The van der Waals surface area contributed by atoms with Crippen LogP contribution in [0.2, 0.25) is 0 Å². The number of carbonyl (C=O) groups is 2. The minimum atomic E-state index is -0.908. The van der Waals surface area contributed by atoms with Gasteiger partial charge in [-0.25, -0.2) is 9.59 Å². The van der Waals surface area contributed by atoms with Crippen LogP contribution in [-0.4, -0.2) is 29.1 Å². The number of aliphatic hydroxyl groups excluding tert-OH is 1. The van der Waals surface area contributed by atoms with Gasteiger partial charge in [-0.1, -0.05) is 35.4 Å². The lowest BCUT2D eigenvalue weighted by molar-refractivity contribution is 0.0731. The Labute approximate surface area is 212 Å². The predicted molar refractivity (Wildman–Crippen MR) is 139 cm³/mol. The number of ether oxygens (including phenoxy) is 2. The van der Waals surface area contributed by atoms with Gasteiger partial charge in [0.1, 0.15) is 11.5 Å². The maximum atomic E-state index is 12.6. The van der Waals surface area contributed by atoms with Crippen molar-refractivity contribution in [1.29, 1.82) is 0 Å². The van der Waals surface area contributed by atoms with E-state index in [1.165, 1.54) is 6.07 Å². The van der Waals surface area contributed by atoms with E-state index in [2.05, 4.69) is 5.32 Å². The zero-order valence-electron chi connectivity index (χ0n) is 20.6. The molecule has 0 saturated heterocycles. The first-order chi connectivity index (χ1) is 16.0. The van der Waals surface area contributed by atoms with Gasteiger partial charge in [-0.05, 0) is 76.6 Å². The molecule has 6 nitrogen and oxygen atoms in total. The summed E-state index contributed by atoms with van der Waals surface area (Å²) >= 11 is 0. The highest BCUT2D eigenvalue weighted by Crippen LogP contribution is 2.28. The largest absolute Gasteiger partial charge is 0.423 e. The van der Waals surface area contributed by atoms with Gasteiger partial charge in [0.05, 0.1) is 17.2 Å². The van der Waals surface area contributed by atoms with Crippen molar-refractivity contribution in [2.45, 2.75) is 46.3 Å². The number of nitrogens with one attached hydrogen (secondary N) is 1. The number of aliphatic hydroxyl groups is 1. The molecule has 0 radical (unpaired) electrons. The van der Waals surface area contributed by atoms with Crippen LogP contribution < -0.4 is 14.8 Å². The van der Waals surface area contributed by atoms with E-state index >= 15 is 0 Å². The SMILES string of the molecule is Cc1ccc(C(=O)Oc2cc(OC(=O)c3ccc(C)cc3)cc(C(O)CNC(C)(C)C)c2)cc1.Cl. The number of esters is 2. The Hall–Kier alpha value is -3.19. The van der Waals surface area contributed by atoms with E-state index in [0.717, 1.165) is 11.1 Å². The van der Waals surface area contributed by atoms with Crippen molar-refractivity contribution in [2.24, 2.45) is 0 Å². The summed E-state index contributed by atoms with van der Waals surface area (Å²) in [6.07, 6.45) is -0.908. The van der Waals surface area contributed by atoms with Gasteiger partial charge >= 0.3 is 11.9 Å². The number of rotatable bonds is 7. The highest BCUT2D eigenvalue weighted by atomic mass is 35.5. The van der Waals surface area contributed by atoms with Crippen LogP contribution in [0, 0.1) is 13.8 Å². The van der Waals surface area contributed by atoms with Crippen LogP contribution in [0.15, 0.2) is 66.7 Å². The van der Waals surface area contributed by atoms with E-state index in [1.54, 1.807) is 36.4 Å². The highest BCUT2D eigenvalue weighted by molar-refractivity contribution is 5.92. The number of hydrogen-bond acceptors (Lipinski definition) is 6. The fraction of sp³-hybridized carbons (Fsp3) is 0.286. The molecule has 0 spiro atoms. The molecule has 0 fully saturated rings. The fourth-order valence-corrected chi connectivity index (χ4v) is 3.14. The Morgan fingerprint density at radius 1 is 0.800 bits per heavy atom. The normalized spacial score (nSPS) is 11.8.